The molecule has 1 aromatic carbocycles. The van der Waals surface area contributed by atoms with Crippen LogP contribution in [0.25, 0.3) is 0 Å². The fraction of sp³-hybridized carbons (Fsp3) is 0.364. The summed E-state index contributed by atoms with van der Waals surface area (Å²) in [7, 11) is 1.74. The Morgan fingerprint density at radius 2 is 2.38 bits per heavy atom. The average Bonchev–Trinajstić information content (AvgIpc) is 2.32. The number of thiol groups is 1. The Morgan fingerprint density at radius 3 is 3.06 bits per heavy atom. The molecule has 4 nitrogen and oxygen atoms in total. The molecule has 86 valence electrons. The SMILES string of the molecule is CN1C(=O)COc2ccc(C(N)CS)cc21. The highest BCUT2D eigenvalue weighted by atomic mass is 32.1. The Morgan fingerprint density at radius 1 is 1.62 bits per heavy atom. The van der Waals surface area contributed by atoms with Crippen LogP contribution in [0, 0.1) is 0 Å². The Balaban J connectivity index is 2.40. The maximum absolute atomic E-state index is 11.5. The van der Waals surface area contributed by atoms with Gasteiger partial charge in [-0.2, -0.15) is 12.6 Å². The highest BCUT2D eigenvalue weighted by molar-refractivity contribution is 7.80. The van der Waals surface area contributed by atoms with E-state index in [-0.39, 0.29) is 18.6 Å². The van der Waals surface area contributed by atoms with E-state index in [2.05, 4.69) is 12.6 Å². The van der Waals surface area contributed by atoms with E-state index in [0.29, 0.717) is 5.75 Å². The predicted octanol–water partition coefficient (Wildman–Crippen LogP) is 0.971. The highest BCUT2D eigenvalue weighted by Crippen LogP contribution is 2.33. The number of hydrogen-bond donors (Lipinski definition) is 2. The molecule has 0 saturated carbocycles. The van der Waals surface area contributed by atoms with Crippen molar-refractivity contribution < 1.29 is 9.53 Å². The van der Waals surface area contributed by atoms with Crippen molar-refractivity contribution >= 4 is 24.2 Å². The highest BCUT2D eigenvalue weighted by Gasteiger charge is 2.22. The molecule has 1 unspecified atom stereocenters. The van der Waals surface area contributed by atoms with E-state index >= 15 is 0 Å². The molecule has 5 heteroatoms. The number of nitrogens with two attached hydrogens (primary N) is 1. The molecule has 0 radical (unpaired) electrons. The van der Waals surface area contributed by atoms with Gasteiger partial charge in [-0.1, -0.05) is 6.07 Å². The molecule has 1 heterocycles. The van der Waals surface area contributed by atoms with E-state index in [1.807, 2.05) is 18.2 Å². The summed E-state index contributed by atoms with van der Waals surface area (Å²) in [5.41, 5.74) is 7.61. The van der Waals surface area contributed by atoms with Gasteiger partial charge >= 0.3 is 0 Å². The topological polar surface area (TPSA) is 55.6 Å². The van der Waals surface area contributed by atoms with Crippen molar-refractivity contribution in [3.63, 3.8) is 0 Å². The third kappa shape index (κ3) is 1.88. The summed E-state index contributed by atoms with van der Waals surface area (Å²) < 4.78 is 5.32. The molecular formula is C11H14N2O2S. The summed E-state index contributed by atoms with van der Waals surface area (Å²) in [5, 5.41) is 0. The largest absolute Gasteiger partial charge is 0.482 e. The number of fused-ring (bicyclic) bond motifs is 1. The van der Waals surface area contributed by atoms with E-state index in [1.54, 1.807) is 11.9 Å². The number of amides is 1. The first-order chi connectivity index (χ1) is 7.63. The van der Waals surface area contributed by atoms with E-state index in [4.69, 9.17) is 10.5 Å². The minimum absolute atomic E-state index is 0.0518. The number of rotatable bonds is 2. The van der Waals surface area contributed by atoms with Crippen molar-refractivity contribution in [3.8, 4) is 5.75 Å². The molecular weight excluding hydrogens is 224 g/mol. The van der Waals surface area contributed by atoms with Crippen molar-refractivity contribution in [1.82, 2.24) is 0 Å². The predicted molar refractivity (Wildman–Crippen MR) is 66.1 cm³/mol. The van der Waals surface area contributed by atoms with Crippen LogP contribution in [0.1, 0.15) is 11.6 Å². The molecule has 0 bridgehead atoms. The second-order valence-corrected chi connectivity index (χ2v) is 4.12. The Bertz CT molecular complexity index is 422. The maximum atomic E-state index is 11.5. The second-order valence-electron chi connectivity index (χ2n) is 3.76. The molecule has 16 heavy (non-hydrogen) atoms. The summed E-state index contributed by atoms with van der Waals surface area (Å²) in [6.45, 7) is 0.0987. The zero-order valence-corrected chi connectivity index (χ0v) is 9.91. The Hall–Kier alpha value is -1.20. The molecule has 0 aliphatic carbocycles. The fourth-order valence-electron chi connectivity index (χ4n) is 1.63. The van der Waals surface area contributed by atoms with Gasteiger partial charge in [0.05, 0.1) is 5.69 Å². The number of hydrogen-bond acceptors (Lipinski definition) is 4. The molecule has 2 N–H and O–H groups in total. The molecule has 1 aliphatic rings. The lowest BCUT2D eigenvalue weighted by molar-refractivity contribution is -0.120. The first kappa shape index (κ1) is 11.3. The Kier molecular flexibility index (Phi) is 3.07. The van der Waals surface area contributed by atoms with Crippen LogP contribution in [0.3, 0.4) is 0 Å². The minimum atomic E-state index is -0.126. The zero-order valence-electron chi connectivity index (χ0n) is 9.01. The van der Waals surface area contributed by atoms with Gasteiger partial charge in [0.2, 0.25) is 0 Å². The third-order valence-electron chi connectivity index (χ3n) is 2.69. The van der Waals surface area contributed by atoms with Crippen LogP contribution in [0.2, 0.25) is 0 Å². The molecule has 0 aromatic heterocycles. The van der Waals surface area contributed by atoms with Crippen molar-refractivity contribution in [2.75, 3.05) is 24.3 Å². The van der Waals surface area contributed by atoms with Crippen LogP contribution in [-0.2, 0) is 4.79 Å². The lowest BCUT2D eigenvalue weighted by Gasteiger charge is -2.27. The summed E-state index contributed by atoms with van der Waals surface area (Å²) in [5.74, 6) is 1.23. The van der Waals surface area contributed by atoms with Crippen molar-refractivity contribution in [1.29, 1.82) is 0 Å². The molecule has 1 aliphatic heterocycles. The van der Waals surface area contributed by atoms with Gasteiger partial charge in [0, 0.05) is 18.8 Å². The van der Waals surface area contributed by atoms with Gasteiger partial charge in [-0.05, 0) is 17.7 Å². The molecule has 1 amide bonds. The van der Waals surface area contributed by atoms with E-state index in [0.717, 1.165) is 17.0 Å². The molecule has 2 rings (SSSR count). The Labute approximate surface area is 99.8 Å². The first-order valence-corrected chi connectivity index (χ1v) is 5.66. The first-order valence-electron chi connectivity index (χ1n) is 5.03. The quantitative estimate of drug-likeness (QED) is 0.755. The summed E-state index contributed by atoms with van der Waals surface area (Å²) in [6, 6.07) is 5.51. The lowest BCUT2D eigenvalue weighted by atomic mass is 10.1. The van der Waals surface area contributed by atoms with Crippen molar-refractivity contribution in [2.45, 2.75) is 6.04 Å². The van der Waals surface area contributed by atoms with Gasteiger partial charge < -0.3 is 15.4 Å². The standard InChI is InChI=1S/C11H14N2O2S/c1-13-9-4-7(8(12)6-16)2-3-10(9)15-5-11(13)14/h2-4,8,16H,5-6,12H2,1H3. The van der Waals surface area contributed by atoms with Gasteiger partial charge in [-0.25, -0.2) is 0 Å². The van der Waals surface area contributed by atoms with Crippen LogP contribution >= 0.6 is 12.6 Å². The number of likely N-dealkylation sites (N-methyl/N-ethyl adjacent to an activating group) is 1. The van der Waals surface area contributed by atoms with Crippen LogP contribution in [0.15, 0.2) is 18.2 Å². The molecule has 1 aromatic rings. The maximum Gasteiger partial charge on any atom is 0.264 e. The summed E-state index contributed by atoms with van der Waals surface area (Å²) in [6.07, 6.45) is 0. The van der Waals surface area contributed by atoms with Crippen LogP contribution in [0.5, 0.6) is 5.75 Å². The zero-order chi connectivity index (χ0) is 11.7. The monoisotopic (exact) mass is 238 g/mol. The van der Waals surface area contributed by atoms with Crippen LogP contribution in [0.4, 0.5) is 5.69 Å². The lowest BCUT2D eigenvalue weighted by Crippen LogP contribution is -2.35. The third-order valence-corrected chi connectivity index (χ3v) is 3.09. The fourth-order valence-corrected chi connectivity index (χ4v) is 1.84. The molecule has 0 fully saturated rings. The van der Waals surface area contributed by atoms with E-state index in [1.165, 1.54) is 0 Å². The van der Waals surface area contributed by atoms with E-state index in [9.17, 15) is 4.79 Å². The summed E-state index contributed by atoms with van der Waals surface area (Å²) >= 11 is 4.16. The smallest absolute Gasteiger partial charge is 0.264 e. The van der Waals surface area contributed by atoms with Gasteiger partial charge in [-0.15, -0.1) is 0 Å². The van der Waals surface area contributed by atoms with Crippen molar-refractivity contribution in [2.24, 2.45) is 5.73 Å². The number of carbonyl (C=O) groups is 1. The second kappa shape index (κ2) is 4.35. The van der Waals surface area contributed by atoms with E-state index < -0.39 is 0 Å². The van der Waals surface area contributed by atoms with Gasteiger partial charge in [0.15, 0.2) is 6.61 Å². The van der Waals surface area contributed by atoms with Gasteiger partial charge in [-0.3, -0.25) is 4.79 Å². The minimum Gasteiger partial charge on any atom is -0.482 e. The summed E-state index contributed by atoms with van der Waals surface area (Å²) in [4.78, 5) is 13.1. The number of ether oxygens (including phenoxy) is 1. The van der Waals surface area contributed by atoms with Gasteiger partial charge in [0.25, 0.3) is 5.91 Å². The number of carbonyl (C=O) groups excluding carboxylic acids is 1. The molecule has 0 saturated heterocycles. The van der Waals surface area contributed by atoms with Crippen molar-refractivity contribution in [3.05, 3.63) is 23.8 Å². The average molecular weight is 238 g/mol. The van der Waals surface area contributed by atoms with Crippen LogP contribution < -0.4 is 15.4 Å². The normalized spacial score (nSPS) is 16.7. The number of benzene rings is 1. The number of anilines is 1. The number of nitrogens with zero attached hydrogens (tertiary/aromatic N) is 1. The molecule has 0 spiro atoms. The van der Waals surface area contributed by atoms with Crippen LogP contribution in [-0.4, -0.2) is 25.3 Å². The van der Waals surface area contributed by atoms with Gasteiger partial charge in [0.1, 0.15) is 5.75 Å². The molecule has 1 atom stereocenters.